The normalized spacial score (nSPS) is 19.5. The second kappa shape index (κ2) is 5.32. The number of benzene rings is 1. The van der Waals surface area contributed by atoms with E-state index in [0.717, 1.165) is 25.9 Å². The minimum atomic E-state index is -0.385. The number of halogens is 2. The second-order valence-electron chi connectivity index (χ2n) is 6.24. The van der Waals surface area contributed by atoms with Crippen LogP contribution in [0.5, 0.6) is 5.75 Å². The monoisotopic (exact) mass is 342 g/mol. The van der Waals surface area contributed by atoms with Crippen molar-refractivity contribution >= 4 is 35.0 Å². The summed E-state index contributed by atoms with van der Waals surface area (Å²) in [6.45, 7) is 3.10. The van der Waals surface area contributed by atoms with Gasteiger partial charge >= 0.3 is 0 Å². The van der Waals surface area contributed by atoms with E-state index in [1.165, 1.54) is 12.1 Å². The summed E-state index contributed by atoms with van der Waals surface area (Å²) in [5.41, 5.74) is 0.245. The number of phenolic OH excluding ortho intramolecular Hbond substituents is 1. The van der Waals surface area contributed by atoms with Gasteiger partial charge in [-0.15, -0.1) is 0 Å². The smallest absolute Gasteiger partial charge is 0.255 e. The van der Waals surface area contributed by atoms with Crippen molar-refractivity contribution < 1.29 is 14.7 Å². The van der Waals surface area contributed by atoms with Gasteiger partial charge in [-0.2, -0.15) is 0 Å². The molecule has 0 radical (unpaired) electrons. The lowest BCUT2D eigenvalue weighted by Gasteiger charge is -2.58. The molecule has 118 valence electrons. The van der Waals surface area contributed by atoms with Crippen molar-refractivity contribution in [1.29, 1.82) is 0 Å². The molecule has 2 fully saturated rings. The van der Waals surface area contributed by atoms with Gasteiger partial charge in [0, 0.05) is 36.5 Å². The number of amides is 2. The first-order chi connectivity index (χ1) is 10.3. The van der Waals surface area contributed by atoms with Crippen LogP contribution in [0, 0.1) is 5.41 Å². The highest BCUT2D eigenvalue weighted by Crippen LogP contribution is 2.48. The summed E-state index contributed by atoms with van der Waals surface area (Å²) in [6.07, 6.45) is 1.69. The van der Waals surface area contributed by atoms with E-state index >= 15 is 0 Å². The first kappa shape index (κ1) is 15.4. The van der Waals surface area contributed by atoms with Gasteiger partial charge in [0.1, 0.15) is 5.75 Å². The number of likely N-dealkylation sites (tertiary alicyclic amines) is 1. The van der Waals surface area contributed by atoms with Crippen LogP contribution in [-0.2, 0) is 4.79 Å². The van der Waals surface area contributed by atoms with Crippen molar-refractivity contribution in [2.75, 3.05) is 13.1 Å². The van der Waals surface area contributed by atoms with Crippen LogP contribution in [0.1, 0.15) is 30.1 Å². The molecule has 1 spiro atoms. The predicted molar refractivity (Wildman–Crippen MR) is 83.3 cm³/mol. The van der Waals surface area contributed by atoms with Crippen molar-refractivity contribution in [1.82, 2.24) is 10.2 Å². The van der Waals surface area contributed by atoms with E-state index in [0.29, 0.717) is 5.02 Å². The van der Waals surface area contributed by atoms with E-state index in [4.69, 9.17) is 23.2 Å². The third kappa shape index (κ3) is 2.63. The average Bonchev–Trinajstić information content (AvgIpc) is 2.34. The third-order valence-corrected chi connectivity index (χ3v) is 4.97. The Morgan fingerprint density at radius 3 is 2.55 bits per heavy atom. The number of hydrogen-bond acceptors (Lipinski definition) is 3. The van der Waals surface area contributed by atoms with Crippen LogP contribution in [0.25, 0.3) is 0 Å². The number of nitrogens with zero attached hydrogens (tertiary/aromatic N) is 1. The Kier molecular flexibility index (Phi) is 3.73. The van der Waals surface area contributed by atoms with Crippen molar-refractivity contribution in [3.05, 3.63) is 27.7 Å². The number of aromatic hydroxyl groups is 1. The number of carbonyl (C=O) groups excluding carboxylic acids is 2. The maximum atomic E-state index is 12.2. The Labute approximate surface area is 138 Å². The lowest BCUT2D eigenvalue weighted by molar-refractivity contribution is -0.149. The summed E-state index contributed by atoms with van der Waals surface area (Å²) in [5, 5.41) is 13.1. The van der Waals surface area contributed by atoms with Crippen LogP contribution in [0.15, 0.2) is 12.1 Å². The van der Waals surface area contributed by atoms with Gasteiger partial charge in [0.2, 0.25) is 5.91 Å². The molecule has 0 aromatic heterocycles. The Morgan fingerprint density at radius 2 is 1.95 bits per heavy atom. The molecular weight excluding hydrogens is 327 g/mol. The number of carbonyl (C=O) groups is 2. The van der Waals surface area contributed by atoms with Gasteiger partial charge in [0.25, 0.3) is 5.91 Å². The standard InChI is InChI=1S/C15H16Cl2N2O3/c1-8(20)19-6-15(7-19)4-10(5-15)18-14(22)11-2-9(16)3-12(17)13(11)21/h2-3,10,21H,4-7H2,1H3,(H,18,22). The molecule has 1 saturated heterocycles. The zero-order chi connectivity index (χ0) is 16.1. The SMILES string of the molecule is CC(=O)N1CC2(CC(NC(=O)c3cc(Cl)cc(Cl)c3O)C2)C1. The highest BCUT2D eigenvalue weighted by atomic mass is 35.5. The van der Waals surface area contributed by atoms with Crippen LogP contribution in [-0.4, -0.2) is 41.0 Å². The lowest BCUT2D eigenvalue weighted by atomic mass is 9.60. The quantitative estimate of drug-likeness (QED) is 0.867. The van der Waals surface area contributed by atoms with E-state index in [1.54, 1.807) is 11.8 Å². The number of rotatable bonds is 2. The van der Waals surface area contributed by atoms with Crippen LogP contribution in [0.4, 0.5) is 0 Å². The molecule has 1 heterocycles. The molecule has 3 rings (SSSR count). The average molecular weight is 343 g/mol. The minimum Gasteiger partial charge on any atom is -0.506 e. The molecule has 1 aromatic rings. The Hall–Kier alpha value is -1.46. The van der Waals surface area contributed by atoms with Crippen LogP contribution in [0.2, 0.25) is 10.0 Å². The van der Waals surface area contributed by atoms with Gasteiger partial charge in [0.05, 0.1) is 10.6 Å². The van der Waals surface area contributed by atoms with Crippen LogP contribution in [0.3, 0.4) is 0 Å². The van der Waals surface area contributed by atoms with Crippen LogP contribution < -0.4 is 5.32 Å². The summed E-state index contributed by atoms with van der Waals surface area (Å²) in [7, 11) is 0. The summed E-state index contributed by atoms with van der Waals surface area (Å²) < 4.78 is 0. The summed E-state index contributed by atoms with van der Waals surface area (Å²) in [4.78, 5) is 25.2. The zero-order valence-corrected chi connectivity index (χ0v) is 13.5. The highest BCUT2D eigenvalue weighted by Gasteiger charge is 2.53. The maximum absolute atomic E-state index is 12.2. The molecule has 5 nitrogen and oxygen atoms in total. The molecule has 1 saturated carbocycles. The maximum Gasteiger partial charge on any atom is 0.255 e. The predicted octanol–water partition coefficient (Wildman–Crippen LogP) is 2.44. The molecule has 1 aromatic carbocycles. The minimum absolute atomic E-state index is 0.0544. The van der Waals surface area contributed by atoms with Crippen molar-refractivity contribution in [2.45, 2.75) is 25.8 Å². The fraction of sp³-hybridized carbons (Fsp3) is 0.467. The first-order valence-electron chi connectivity index (χ1n) is 7.04. The van der Waals surface area contributed by atoms with E-state index < -0.39 is 0 Å². The first-order valence-corrected chi connectivity index (χ1v) is 7.80. The van der Waals surface area contributed by atoms with E-state index in [1.807, 2.05) is 0 Å². The fourth-order valence-electron chi connectivity index (χ4n) is 3.33. The Morgan fingerprint density at radius 1 is 1.32 bits per heavy atom. The number of hydrogen-bond donors (Lipinski definition) is 2. The van der Waals surface area contributed by atoms with Gasteiger partial charge in [0.15, 0.2) is 0 Å². The van der Waals surface area contributed by atoms with Crippen LogP contribution >= 0.6 is 23.2 Å². The highest BCUT2D eigenvalue weighted by molar-refractivity contribution is 6.36. The van der Waals surface area contributed by atoms with Gasteiger partial charge in [-0.1, -0.05) is 23.2 Å². The number of phenols is 1. The van der Waals surface area contributed by atoms with Gasteiger partial charge < -0.3 is 15.3 Å². The Bertz CT molecular complexity index is 648. The van der Waals surface area contributed by atoms with Gasteiger partial charge in [-0.25, -0.2) is 0 Å². The van der Waals surface area contributed by atoms with Gasteiger partial charge in [-0.05, 0) is 25.0 Å². The van der Waals surface area contributed by atoms with Crippen molar-refractivity contribution in [3.8, 4) is 5.75 Å². The largest absolute Gasteiger partial charge is 0.506 e. The topological polar surface area (TPSA) is 69.6 Å². The third-order valence-electron chi connectivity index (χ3n) is 4.46. The summed E-state index contributed by atoms with van der Waals surface area (Å²) in [6, 6.07) is 2.84. The molecule has 0 atom stereocenters. The summed E-state index contributed by atoms with van der Waals surface area (Å²) >= 11 is 11.7. The lowest BCUT2D eigenvalue weighted by Crippen LogP contribution is -2.67. The molecule has 22 heavy (non-hydrogen) atoms. The molecule has 1 aliphatic carbocycles. The molecule has 2 amide bonds. The fourth-order valence-corrected chi connectivity index (χ4v) is 3.83. The second-order valence-corrected chi connectivity index (χ2v) is 7.08. The molecule has 1 aliphatic heterocycles. The van der Waals surface area contributed by atoms with E-state index in [9.17, 15) is 14.7 Å². The molecule has 0 bridgehead atoms. The molecular formula is C15H16Cl2N2O3. The van der Waals surface area contributed by atoms with Crippen molar-refractivity contribution in [3.63, 3.8) is 0 Å². The summed E-state index contributed by atoms with van der Waals surface area (Å²) in [5.74, 6) is -0.551. The van der Waals surface area contributed by atoms with E-state index in [-0.39, 0.29) is 39.6 Å². The van der Waals surface area contributed by atoms with Crippen molar-refractivity contribution in [2.24, 2.45) is 5.41 Å². The molecule has 2 N–H and O–H groups in total. The number of nitrogens with one attached hydrogen (secondary N) is 1. The Balaban J connectivity index is 1.58. The molecule has 7 heteroatoms. The van der Waals surface area contributed by atoms with E-state index in [2.05, 4.69) is 5.32 Å². The zero-order valence-electron chi connectivity index (χ0n) is 12.0. The van der Waals surface area contributed by atoms with Gasteiger partial charge in [-0.3, -0.25) is 9.59 Å². The molecule has 0 unspecified atom stereocenters. The molecule has 2 aliphatic rings.